The lowest BCUT2D eigenvalue weighted by Crippen LogP contribution is -2.10. The summed E-state index contributed by atoms with van der Waals surface area (Å²) in [7, 11) is 0. The molecule has 54 valence electrons. The number of aliphatic hydroxyl groups is 1. The molecule has 0 amide bonds. The van der Waals surface area contributed by atoms with Crippen molar-refractivity contribution in [2.24, 2.45) is 17.8 Å². The van der Waals surface area contributed by atoms with Gasteiger partial charge in [0.15, 0.2) is 0 Å². The Labute approximate surface area is 64.7 Å². The van der Waals surface area contributed by atoms with E-state index in [4.69, 9.17) is 11.6 Å². The Morgan fingerprint density at radius 3 is 2.50 bits per heavy atom. The zero-order valence-electron chi connectivity index (χ0n) is 5.55. The molecule has 0 spiro atoms. The van der Waals surface area contributed by atoms with Gasteiger partial charge in [0.25, 0.3) is 0 Å². The van der Waals surface area contributed by atoms with Crippen LogP contribution in [0.1, 0.15) is 6.42 Å². The van der Waals surface area contributed by atoms with Crippen LogP contribution in [0.3, 0.4) is 0 Å². The fourth-order valence-corrected chi connectivity index (χ4v) is 3.59. The lowest BCUT2D eigenvalue weighted by molar-refractivity contribution is 0.143. The first kappa shape index (κ1) is 5.62. The van der Waals surface area contributed by atoms with Gasteiger partial charge in [0, 0.05) is 11.8 Å². The molecule has 0 aromatic carbocycles. The van der Waals surface area contributed by atoms with E-state index in [1.165, 1.54) is 0 Å². The minimum absolute atomic E-state index is 0.149. The van der Waals surface area contributed by atoms with E-state index in [2.05, 4.69) is 6.58 Å². The third-order valence-corrected chi connectivity index (χ3v) is 4.35. The van der Waals surface area contributed by atoms with Crippen molar-refractivity contribution in [2.45, 2.75) is 17.4 Å². The predicted octanol–water partition coefficient (Wildman–Crippen LogP) is 1.16. The molecular weight excluding hydrogens is 148 g/mol. The van der Waals surface area contributed by atoms with E-state index in [1.54, 1.807) is 0 Å². The van der Waals surface area contributed by atoms with Crippen LogP contribution in [0.2, 0.25) is 0 Å². The number of aliphatic hydroxyl groups excluding tert-OH is 1. The average molecular weight is 157 g/mol. The molecule has 0 heterocycles. The van der Waals surface area contributed by atoms with E-state index in [-0.39, 0.29) is 11.0 Å². The monoisotopic (exact) mass is 156 g/mol. The average Bonchev–Trinajstić information content (AvgIpc) is 2.16. The first-order valence-corrected chi connectivity index (χ1v) is 4.11. The van der Waals surface area contributed by atoms with Crippen LogP contribution in [-0.4, -0.2) is 16.1 Å². The normalized spacial score (nSPS) is 69.2. The van der Waals surface area contributed by atoms with Crippen molar-refractivity contribution in [2.75, 3.05) is 0 Å². The lowest BCUT2D eigenvalue weighted by Gasteiger charge is -2.06. The molecule has 0 radical (unpaired) electrons. The highest BCUT2D eigenvalue weighted by molar-refractivity contribution is 6.29. The Morgan fingerprint density at radius 1 is 1.70 bits per heavy atom. The van der Waals surface area contributed by atoms with Gasteiger partial charge in [0.05, 0.1) is 11.0 Å². The third-order valence-electron chi connectivity index (χ3n) is 3.58. The van der Waals surface area contributed by atoms with Gasteiger partial charge in [-0.1, -0.05) is 12.2 Å². The SMILES string of the molecule is C=C1C2CC3C(C2O)C13Cl. The zero-order valence-corrected chi connectivity index (χ0v) is 6.30. The maximum Gasteiger partial charge on any atom is 0.0745 e. The van der Waals surface area contributed by atoms with Crippen LogP contribution < -0.4 is 0 Å². The molecule has 4 bridgehead atoms. The number of hydrogen-bond donors (Lipinski definition) is 1. The number of halogens is 1. The maximum absolute atomic E-state index is 9.54. The molecular formula is C8H9ClO. The minimum Gasteiger partial charge on any atom is -0.392 e. The molecule has 0 aromatic heterocycles. The van der Waals surface area contributed by atoms with Crippen molar-refractivity contribution < 1.29 is 5.11 Å². The van der Waals surface area contributed by atoms with Gasteiger partial charge in [-0.05, 0) is 12.3 Å². The second-order valence-electron chi connectivity index (χ2n) is 3.76. The van der Waals surface area contributed by atoms with Crippen molar-refractivity contribution >= 4 is 11.6 Å². The molecule has 4 fully saturated rings. The van der Waals surface area contributed by atoms with Gasteiger partial charge in [0.1, 0.15) is 0 Å². The van der Waals surface area contributed by atoms with Crippen LogP contribution in [0.5, 0.6) is 0 Å². The van der Waals surface area contributed by atoms with E-state index in [1.807, 2.05) is 0 Å². The molecule has 4 rings (SSSR count). The Kier molecular flexibility index (Phi) is 0.667. The lowest BCUT2D eigenvalue weighted by atomic mass is 10.1. The standard InChI is InChI=1S/C8H9ClO/c1-3-4-2-5-6(7(4)10)8(3,5)9/h4-7,10H,1-2H2. The second kappa shape index (κ2) is 1.19. The van der Waals surface area contributed by atoms with Crippen LogP contribution in [0.15, 0.2) is 12.2 Å². The van der Waals surface area contributed by atoms with Gasteiger partial charge in [0.2, 0.25) is 0 Å². The predicted molar refractivity (Wildman–Crippen MR) is 38.8 cm³/mol. The molecule has 1 nitrogen and oxygen atoms in total. The zero-order chi connectivity index (χ0) is 7.09. The van der Waals surface area contributed by atoms with Gasteiger partial charge in [-0.25, -0.2) is 0 Å². The highest BCUT2D eigenvalue weighted by atomic mass is 35.5. The fourth-order valence-electron chi connectivity index (χ4n) is 3.01. The molecule has 4 saturated carbocycles. The smallest absolute Gasteiger partial charge is 0.0745 e. The summed E-state index contributed by atoms with van der Waals surface area (Å²) in [6.45, 7) is 3.93. The Hall–Kier alpha value is -0.0100. The molecule has 0 saturated heterocycles. The molecule has 4 aliphatic rings. The van der Waals surface area contributed by atoms with Gasteiger partial charge < -0.3 is 5.11 Å². The summed E-state index contributed by atoms with van der Waals surface area (Å²) in [5, 5.41) is 9.54. The minimum atomic E-state index is -0.157. The molecule has 1 N–H and O–H groups in total. The fraction of sp³-hybridized carbons (Fsp3) is 0.750. The number of rotatable bonds is 0. The summed E-state index contributed by atoms with van der Waals surface area (Å²) in [5.41, 5.74) is 1.11. The van der Waals surface area contributed by atoms with Crippen LogP contribution in [0.4, 0.5) is 0 Å². The van der Waals surface area contributed by atoms with Crippen LogP contribution in [0, 0.1) is 17.8 Å². The quantitative estimate of drug-likeness (QED) is 0.412. The van der Waals surface area contributed by atoms with Gasteiger partial charge in [-0.15, -0.1) is 11.6 Å². The molecule has 5 atom stereocenters. The van der Waals surface area contributed by atoms with Crippen molar-refractivity contribution in [3.63, 3.8) is 0 Å². The Bertz CT molecular complexity index is 235. The Balaban J connectivity index is 2.19. The van der Waals surface area contributed by atoms with Gasteiger partial charge in [-0.3, -0.25) is 0 Å². The van der Waals surface area contributed by atoms with Crippen LogP contribution >= 0.6 is 11.6 Å². The highest BCUT2D eigenvalue weighted by Gasteiger charge is 2.80. The van der Waals surface area contributed by atoms with E-state index in [0.29, 0.717) is 17.8 Å². The van der Waals surface area contributed by atoms with Crippen molar-refractivity contribution in [1.82, 2.24) is 0 Å². The van der Waals surface area contributed by atoms with E-state index in [0.717, 1.165) is 12.0 Å². The van der Waals surface area contributed by atoms with Crippen LogP contribution in [-0.2, 0) is 0 Å². The summed E-state index contributed by atoms with van der Waals surface area (Å²) in [5.74, 6) is 1.28. The van der Waals surface area contributed by atoms with Crippen molar-refractivity contribution in [1.29, 1.82) is 0 Å². The summed E-state index contributed by atoms with van der Waals surface area (Å²) in [6, 6.07) is 0. The second-order valence-corrected chi connectivity index (χ2v) is 4.38. The molecule has 10 heavy (non-hydrogen) atoms. The number of hydrogen-bond acceptors (Lipinski definition) is 1. The van der Waals surface area contributed by atoms with E-state index < -0.39 is 0 Å². The van der Waals surface area contributed by atoms with Crippen molar-refractivity contribution in [3.05, 3.63) is 12.2 Å². The first-order valence-electron chi connectivity index (χ1n) is 3.73. The largest absolute Gasteiger partial charge is 0.392 e. The van der Waals surface area contributed by atoms with Gasteiger partial charge in [-0.2, -0.15) is 0 Å². The summed E-state index contributed by atoms with van der Waals surface area (Å²) in [4.78, 5) is -0.149. The highest BCUT2D eigenvalue weighted by Crippen LogP contribution is 2.78. The van der Waals surface area contributed by atoms with E-state index in [9.17, 15) is 5.11 Å². The summed E-state index contributed by atoms with van der Waals surface area (Å²) < 4.78 is 0. The maximum atomic E-state index is 9.54. The first-order chi connectivity index (χ1) is 4.67. The van der Waals surface area contributed by atoms with E-state index >= 15 is 0 Å². The Morgan fingerprint density at radius 2 is 2.40 bits per heavy atom. The van der Waals surface area contributed by atoms with Crippen LogP contribution in [0.25, 0.3) is 0 Å². The molecule has 0 aliphatic heterocycles. The topological polar surface area (TPSA) is 20.2 Å². The summed E-state index contributed by atoms with van der Waals surface area (Å²) in [6.07, 6.45) is 0.934. The van der Waals surface area contributed by atoms with Crippen molar-refractivity contribution in [3.8, 4) is 0 Å². The molecule has 5 unspecified atom stereocenters. The molecule has 0 aromatic rings. The number of alkyl halides is 1. The van der Waals surface area contributed by atoms with Gasteiger partial charge >= 0.3 is 0 Å². The third kappa shape index (κ3) is 0.301. The molecule has 4 aliphatic carbocycles. The summed E-state index contributed by atoms with van der Waals surface area (Å²) >= 11 is 6.22. The molecule has 2 heteroatoms.